The van der Waals surface area contributed by atoms with Gasteiger partial charge in [-0.15, -0.1) is 0 Å². The lowest BCUT2D eigenvalue weighted by molar-refractivity contribution is -0.121. The molecule has 1 rings (SSSR count). The molecule has 0 bridgehead atoms. The Labute approximate surface area is 109 Å². The topological polar surface area (TPSA) is 70.2 Å². The predicted octanol–water partition coefficient (Wildman–Crippen LogP) is 0.550. The second kappa shape index (κ2) is 8.08. The molecule has 1 saturated heterocycles. The van der Waals surface area contributed by atoms with Crippen molar-refractivity contribution in [2.24, 2.45) is 0 Å². The average molecular weight is 255 g/mol. The van der Waals surface area contributed by atoms with Gasteiger partial charge in [-0.2, -0.15) is 0 Å². The Morgan fingerprint density at radius 3 is 3.06 bits per heavy atom. The summed E-state index contributed by atoms with van der Waals surface area (Å²) in [5.74, 6) is 0.184. The van der Waals surface area contributed by atoms with Crippen molar-refractivity contribution in [3.63, 3.8) is 0 Å². The van der Waals surface area contributed by atoms with Crippen molar-refractivity contribution >= 4 is 11.8 Å². The van der Waals surface area contributed by atoms with E-state index in [4.69, 9.17) is 0 Å². The lowest BCUT2D eigenvalue weighted by Gasteiger charge is -2.16. The molecule has 0 aromatic heterocycles. The van der Waals surface area contributed by atoms with E-state index in [9.17, 15) is 9.59 Å². The Kier molecular flexibility index (Phi) is 6.72. The van der Waals surface area contributed by atoms with E-state index in [-0.39, 0.29) is 23.9 Å². The van der Waals surface area contributed by atoms with Crippen LogP contribution < -0.4 is 16.0 Å². The van der Waals surface area contributed by atoms with Gasteiger partial charge in [-0.1, -0.05) is 6.92 Å². The molecule has 0 aliphatic carbocycles. The van der Waals surface area contributed by atoms with E-state index in [0.29, 0.717) is 19.4 Å². The van der Waals surface area contributed by atoms with Crippen LogP contribution in [-0.4, -0.2) is 37.0 Å². The van der Waals surface area contributed by atoms with Crippen LogP contribution in [0, 0.1) is 0 Å². The van der Waals surface area contributed by atoms with Crippen LogP contribution >= 0.6 is 0 Å². The summed E-state index contributed by atoms with van der Waals surface area (Å²) in [4.78, 5) is 22.9. The summed E-state index contributed by atoms with van der Waals surface area (Å²) >= 11 is 0. The van der Waals surface area contributed by atoms with Crippen molar-refractivity contribution in [2.75, 3.05) is 13.1 Å². The summed E-state index contributed by atoms with van der Waals surface area (Å²) in [7, 11) is 0. The Hall–Kier alpha value is -1.10. The highest BCUT2D eigenvalue weighted by molar-refractivity contribution is 5.77. The highest BCUT2D eigenvalue weighted by Gasteiger charge is 2.16. The van der Waals surface area contributed by atoms with E-state index in [0.717, 1.165) is 25.8 Å². The molecule has 1 fully saturated rings. The van der Waals surface area contributed by atoms with Crippen LogP contribution in [0.4, 0.5) is 0 Å². The van der Waals surface area contributed by atoms with Gasteiger partial charge in [0.1, 0.15) is 0 Å². The maximum Gasteiger partial charge on any atom is 0.221 e. The van der Waals surface area contributed by atoms with Gasteiger partial charge in [0.2, 0.25) is 11.8 Å². The highest BCUT2D eigenvalue weighted by Crippen LogP contribution is 2.05. The Balaban J connectivity index is 2.16. The fourth-order valence-corrected chi connectivity index (χ4v) is 1.99. The van der Waals surface area contributed by atoms with Crippen molar-refractivity contribution in [3.8, 4) is 0 Å². The van der Waals surface area contributed by atoms with Crippen molar-refractivity contribution in [1.82, 2.24) is 16.0 Å². The molecular weight excluding hydrogens is 230 g/mol. The third-order valence-electron chi connectivity index (χ3n) is 3.29. The fourth-order valence-electron chi connectivity index (χ4n) is 1.99. The molecule has 2 amide bonds. The van der Waals surface area contributed by atoms with Gasteiger partial charge in [-0.25, -0.2) is 0 Å². The number of carbonyl (C=O) groups excluding carboxylic acids is 2. The van der Waals surface area contributed by atoms with Crippen molar-refractivity contribution < 1.29 is 9.59 Å². The first-order valence-electron chi connectivity index (χ1n) is 6.91. The van der Waals surface area contributed by atoms with Crippen LogP contribution in [0.2, 0.25) is 0 Å². The lowest BCUT2D eigenvalue weighted by atomic mass is 10.1. The van der Waals surface area contributed by atoms with Gasteiger partial charge in [0.05, 0.1) is 0 Å². The van der Waals surface area contributed by atoms with Crippen molar-refractivity contribution in [2.45, 2.75) is 58.0 Å². The number of rotatable bonds is 6. The molecule has 1 aliphatic rings. The second-order valence-electron chi connectivity index (χ2n) is 4.97. The van der Waals surface area contributed by atoms with Gasteiger partial charge >= 0.3 is 0 Å². The molecule has 2 unspecified atom stereocenters. The zero-order valence-corrected chi connectivity index (χ0v) is 11.4. The van der Waals surface area contributed by atoms with E-state index < -0.39 is 0 Å². The minimum absolute atomic E-state index is 0.0786. The zero-order chi connectivity index (χ0) is 13.4. The molecule has 0 spiro atoms. The lowest BCUT2D eigenvalue weighted by Crippen LogP contribution is -2.37. The van der Waals surface area contributed by atoms with E-state index >= 15 is 0 Å². The van der Waals surface area contributed by atoms with Gasteiger partial charge in [0, 0.05) is 38.0 Å². The molecule has 0 saturated carbocycles. The monoisotopic (exact) mass is 255 g/mol. The van der Waals surface area contributed by atoms with E-state index in [1.165, 1.54) is 0 Å². The third kappa shape index (κ3) is 6.00. The summed E-state index contributed by atoms with van der Waals surface area (Å²) in [5, 5.41) is 9.07. The fraction of sp³-hybridized carbons (Fsp3) is 0.846. The first-order valence-corrected chi connectivity index (χ1v) is 6.91. The number of hydrogen-bond donors (Lipinski definition) is 3. The SMILES string of the molecule is CCC(C)NC(=O)CCNC1CCCNC(=O)C1. The number of carbonyl (C=O) groups is 2. The molecule has 0 radical (unpaired) electrons. The van der Waals surface area contributed by atoms with Crippen LogP contribution in [0.3, 0.4) is 0 Å². The molecule has 0 aromatic rings. The molecule has 3 N–H and O–H groups in total. The Morgan fingerprint density at radius 1 is 1.56 bits per heavy atom. The molecule has 104 valence electrons. The first-order chi connectivity index (χ1) is 8.61. The van der Waals surface area contributed by atoms with Crippen molar-refractivity contribution in [3.05, 3.63) is 0 Å². The summed E-state index contributed by atoms with van der Waals surface area (Å²) in [6, 6.07) is 0.449. The van der Waals surface area contributed by atoms with Gasteiger partial charge in [0.15, 0.2) is 0 Å². The number of amides is 2. The van der Waals surface area contributed by atoms with E-state index in [1.807, 2.05) is 13.8 Å². The summed E-state index contributed by atoms with van der Waals surface area (Å²) in [6.45, 7) is 5.46. The van der Waals surface area contributed by atoms with E-state index in [2.05, 4.69) is 16.0 Å². The molecule has 1 aliphatic heterocycles. The van der Waals surface area contributed by atoms with Gasteiger partial charge in [0.25, 0.3) is 0 Å². The average Bonchev–Trinajstić information content (AvgIpc) is 2.53. The normalized spacial score (nSPS) is 21.9. The van der Waals surface area contributed by atoms with Gasteiger partial charge < -0.3 is 16.0 Å². The number of nitrogens with one attached hydrogen (secondary N) is 3. The second-order valence-corrected chi connectivity index (χ2v) is 4.97. The number of hydrogen-bond acceptors (Lipinski definition) is 3. The quantitative estimate of drug-likeness (QED) is 0.649. The molecule has 5 nitrogen and oxygen atoms in total. The highest BCUT2D eigenvalue weighted by atomic mass is 16.2. The Bertz CT molecular complexity index is 281. The summed E-state index contributed by atoms with van der Waals surface area (Å²) < 4.78 is 0. The third-order valence-corrected chi connectivity index (χ3v) is 3.29. The maximum atomic E-state index is 11.6. The van der Waals surface area contributed by atoms with Crippen LogP contribution in [-0.2, 0) is 9.59 Å². The standard InChI is InChI=1S/C13H25N3O2/c1-3-10(2)16-12(17)6-8-14-11-5-4-7-15-13(18)9-11/h10-11,14H,3-9H2,1-2H3,(H,15,18)(H,16,17). The van der Waals surface area contributed by atoms with Crippen LogP contribution in [0.1, 0.15) is 46.0 Å². The van der Waals surface area contributed by atoms with E-state index in [1.54, 1.807) is 0 Å². The first kappa shape index (κ1) is 15.0. The van der Waals surface area contributed by atoms with Gasteiger partial charge in [-0.05, 0) is 26.2 Å². The molecule has 18 heavy (non-hydrogen) atoms. The Morgan fingerprint density at radius 2 is 2.33 bits per heavy atom. The maximum absolute atomic E-state index is 11.6. The van der Waals surface area contributed by atoms with Crippen LogP contribution in [0.15, 0.2) is 0 Å². The predicted molar refractivity (Wildman–Crippen MR) is 71.2 cm³/mol. The minimum Gasteiger partial charge on any atom is -0.356 e. The molecular formula is C13H25N3O2. The zero-order valence-electron chi connectivity index (χ0n) is 11.4. The van der Waals surface area contributed by atoms with Crippen LogP contribution in [0.5, 0.6) is 0 Å². The smallest absolute Gasteiger partial charge is 0.221 e. The molecule has 5 heteroatoms. The minimum atomic E-state index is 0.0786. The van der Waals surface area contributed by atoms with Gasteiger partial charge in [-0.3, -0.25) is 9.59 Å². The van der Waals surface area contributed by atoms with Crippen molar-refractivity contribution in [1.29, 1.82) is 0 Å². The van der Waals surface area contributed by atoms with Crippen LogP contribution in [0.25, 0.3) is 0 Å². The summed E-state index contributed by atoms with van der Waals surface area (Å²) in [5.41, 5.74) is 0. The summed E-state index contributed by atoms with van der Waals surface area (Å²) in [6.07, 6.45) is 3.94. The molecule has 2 atom stereocenters. The molecule has 0 aromatic carbocycles. The largest absolute Gasteiger partial charge is 0.356 e. The molecule has 1 heterocycles.